The van der Waals surface area contributed by atoms with Crippen LogP contribution in [0.3, 0.4) is 0 Å². The Hall–Kier alpha value is -0.450. The van der Waals surface area contributed by atoms with E-state index >= 15 is 0 Å². The predicted molar refractivity (Wildman–Crippen MR) is 50.4 cm³/mol. The third kappa shape index (κ3) is 2.27. The maximum Gasteiger partial charge on any atom is 0.282 e. The first-order valence-electron chi connectivity index (χ1n) is 3.93. The van der Waals surface area contributed by atoms with Crippen molar-refractivity contribution < 1.29 is 8.78 Å². The number of aromatic nitrogens is 2. The molecule has 0 aliphatic heterocycles. The summed E-state index contributed by atoms with van der Waals surface area (Å²) in [5.74, 6) is 0.0673. The zero-order chi connectivity index (χ0) is 10.0. The normalized spacial score (nSPS) is 13.7. The molecule has 0 spiro atoms. The van der Waals surface area contributed by atoms with E-state index in [1.54, 1.807) is 13.2 Å². The summed E-state index contributed by atoms with van der Waals surface area (Å²) in [4.78, 5) is 0. The standard InChI is InChI=1S/C8H11BrF2N2/c1-5(3-9)6-4-13(2)12-7(6)8(10)11/h4-5,8H,3H2,1-2H3. The van der Waals surface area contributed by atoms with Gasteiger partial charge >= 0.3 is 0 Å². The molecule has 0 N–H and O–H groups in total. The lowest BCUT2D eigenvalue weighted by atomic mass is 10.0. The van der Waals surface area contributed by atoms with Crippen LogP contribution >= 0.6 is 15.9 Å². The molecule has 13 heavy (non-hydrogen) atoms. The van der Waals surface area contributed by atoms with Gasteiger partial charge in [-0.05, 0) is 5.92 Å². The second kappa shape index (κ2) is 4.17. The summed E-state index contributed by atoms with van der Waals surface area (Å²) >= 11 is 3.26. The van der Waals surface area contributed by atoms with Crippen molar-refractivity contribution in [1.29, 1.82) is 0 Å². The van der Waals surface area contributed by atoms with Gasteiger partial charge < -0.3 is 0 Å². The smallest absolute Gasteiger partial charge is 0.275 e. The zero-order valence-corrected chi connectivity index (χ0v) is 9.05. The lowest BCUT2D eigenvalue weighted by Gasteiger charge is -2.06. The molecule has 1 atom stereocenters. The molecule has 0 aromatic carbocycles. The van der Waals surface area contributed by atoms with Crippen LogP contribution in [0, 0.1) is 0 Å². The van der Waals surface area contributed by atoms with Gasteiger partial charge in [-0.1, -0.05) is 22.9 Å². The van der Waals surface area contributed by atoms with Gasteiger partial charge in [0.2, 0.25) is 0 Å². The lowest BCUT2D eigenvalue weighted by molar-refractivity contribution is 0.144. The fourth-order valence-electron chi connectivity index (χ4n) is 1.16. The molecule has 0 saturated heterocycles. The third-order valence-electron chi connectivity index (χ3n) is 1.86. The Bertz CT molecular complexity index is 286. The van der Waals surface area contributed by atoms with E-state index in [1.807, 2.05) is 6.92 Å². The van der Waals surface area contributed by atoms with Gasteiger partial charge in [0.15, 0.2) is 0 Å². The first-order valence-corrected chi connectivity index (χ1v) is 5.06. The Balaban J connectivity index is 3.04. The Kier molecular flexibility index (Phi) is 3.41. The fourth-order valence-corrected chi connectivity index (χ4v) is 1.51. The minimum atomic E-state index is -2.49. The van der Waals surface area contributed by atoms with Crippen LogP contribution in [-0.2, 0) is 7.05 Å². The van der Waals surface area contributed by atoms with Crippen molar-refractivity contribution in [2.24, 2.45) is 7.05 Å². The number of hydrogen-bond acceptors (Lipinski definition) is 1. The fraction of sp³-hybridized carbons (Fsp3) is 0.625. The van der Waals surface area contributed by atoms with Gasteiger partial charge in [0.1, 0.15) is 5.69 Å². The van der Waals surface area contributed by atoms with Crippen molar-refractivity contribution in [3.05, 3.63) is 17.5 Å². The van der Waals surface area contributed by atoms with E-state index in [0.717, 1.165) is 0 Å². The Labute approximate surface area is 84.1 Å². The predicted octanol–water partition coefficient (Wildman–Crippen LogP) is 2.86. The minimum absolute atomic E-state index is 0.0673. The molecule has 0 aliphatic rings. The molecule has 1 aromatic heterocycles. The molecular weight excluding hydrogens is 242 g/mol. The maximum atomic E-state index is 12.4. The van der Waals surface area contributed by atoms with Crippen LogP contribution in [0.5, 0.6) is 0 Å². The number of halogens is 3. The van der Waals surface area contributed by atoms with Crippen molar-refractivity contribution in [2.75, 3.05) is 5.33 Å². The molecule has 5 heteroatoms. The number of rotatable bonds is 3. The van der Waals surface area contributed by atoms with Crippen molar-refractivity contribution >= 4 is 15.9 Å². The van der Waals surface area contributed by atoms with E-state index in [4.69, 9.17) is 0 Å². The highest BCUT2D eigenvalue weighted by Crippen LogP contribution is 2.27. The van der Waals surface area contributed by atoms with Crippen LogP contribution < -0.4 is 0 Å². The van der Waals surface area contributed by atoms with Crippen LogP contribution in [0.2, 0.25) is 0 Å². The van der Waals surface area contributed by atoms with Crippen molar-refractivity contribution in [1.82, 2.24) is 9.78 Å². The molecule has 0 aliphatic carbocycles. The number of aryl methyl sites for hydroxylation is 1. The molecule has 0 radical (unpaired) electrons. The van der Waals surface area contributed by atoms with E-state index < -0.39 is 6.43 Å². The van der Waals surface area contributed by atoms with Gasteiger partial charge in [0.05, 0.1) is 0 Å². The number of alkyl halides is 3. The quantitative estimate of drug-likeness (QED) is 0.757. The van der Waals surface area contributed by atoms with E-state index in [0.29, 0.717) is 10.9 Å². The van der Waals surface area contributed by atoms with E-state index in [9.17, 15) is 8.78 Å². The summed E-state index contributed by atoms with van der Waals surface area (Å²) in [6.07, 6.45) is -0.842. The minimum Gasteiger partial charge on any atom is -0.275 e. The van der Waals surface area contributed by atoms with Crippen molar-refractivity contribution in [3.63, 3.8) is 0 Å². The first-order chi connectivity index (χ1) is 6.06. The second-order valence-electron chi connectivity index (χ2n) is 3.00. The summed E-state index contributed by atoms with van der Waals surface area (Å²) in [7, 11) is 1.65. The second-order valence-corrected chi connectivity index (χ2v) is 3.65. The van der Waals surface area contributed by atoms with E-state index in [-0.39, 0.29) is 11.6 Å². The summed E-state index contributed by atoms with van der Waals surface area (Å²) in [6, 6.07) is 0. The summed E-state index contributed by atoms with van der Waals surface area (Å²) in [5.41, 5.74) is 0.517. The zero-order valence-electron chi connectivity index (χ0n) is 7.47. The van der Waals surface area contributed by atoms with Crippen LogP contribution in [0.4, 0.5) is 8.78 Å². The first kappa shape index (κ1) is 10.6. The molecule has 1 heterocycles. The number of hydrogen-bond donors (Lipinski definition) is 0. The average molecular weight is 253 g/mol. The highest BCUT2D eigenvalue weighted by molar-refractivity contribution is 9.09. The highest BCUT2D eigenvalue weighted by atomic mass is 79.9. The summed E-state index contributed by atoms with van der Waals surface area (Å²) < 4.78 is 26.3. The monoisotopic (exact) mass is 252 g/mol. The van der Waals surface area contributed by atoms with E-state index in [1.165, 1.54) is 4.68 Å². The summed E-state index contributed by atoms with van der Waals surface area (Å²) in [6.45, 7) is 1.89. The van der Waals surface area contributed by atoms with Gasteiger partial charge in [-0.25, -0.2) is 8.78 Å². The van der Waals surface area contributed by atoms with E-state index in [2.05, 4.69) is 21.0 Å². The van der Waals surface area contributed by atoms with Crippen LogP contribution in [0.1, 0.15) is 30.5 Å². The van der Waals surface area contributed by atoms with Crippen LogP contribution in [0.25, 0.3) is 0 Å². The summed E-state index contributed by atoms with van der Waals surface area (Å²) in [5, 5.41) is 4.39. The Morgan fingerprint density at radius 1 is 1.62 bits per heavy atom. The average Bonchev–Trinajstić information content (AvgIpc) is 2.46. The van der Waals surface area contributed by atoms with Gasteiger partial charge in [-0.3, -0.25) is 4.68 Å². The molecule has 74 valence electrons. The Morgan fingerprint density at radius 3 is 2.69 bits per heavy atom. The van der Waals surface area contributed by atoms with Gasteiger partial charge in [0.25, 0.3) is 6.43 Å². The van der Waals surface area contributed by atoms with Gasteiger partial charge in [-0.15, -0.1) is 0 Å². The SMILES string of the molecule is CC(CBr)c1cn(C)nc1C(F)F. The Morgan fingerprint density at radius 2 is 2.23 bits per heavy atom. The molecule has 1 rings (SSSR count). The maximum absolute atomic E-state index is 12.4. The molecule has 0 bridgehead atoms. The van der Waals surface area contributed by atoms with Crippen LogP contribution in [0.15, 0.2) is 6.20 Å². The molecule has 1 aromatic rings. The molecule has 2 nitrogen and oxygen atoms in total. The van der Waals surface area contributed by atoms with Crippen molar-refractivity contribution in [2.45, 2.75) is 19.3 Å². The van der Waals surface area contributed by atoms with Gasteiger partial charge in [0, 0.05) is 24.1 Å². The molecular formula is C8H11BrF2N2. The van der Waals surface area contributed by atoms with Gasteiger partial charge in [-0.2, -0.15) is 5.10 Å². The lowest BCUT2D eigenvalue weighted by Crippen LogP contribution is -1.98. The number of nitrogens with zero attached hydrogens (tertiary/aromatic N) is 2. The molecule has 1 unspecified atom stereocenters. The molecule has 0 fully saturated rings. The highest BCUT2D eigenvalue weighted by Gasteiger charge is 2.20. The molecule has 0 amide bonds. The van der Waals surface area contributed by atoms with Crippen molar-refractivity contribution in [3.8, 4) is 0 Å². The molecule has 0 saturated carbocycles. The largest absolute Gasteiger partial charge is 0.282 e. The van der Waals surface area contributed by atoms with Crippen LogP contribution in [-0.4, -0.2) is 15.1 Å². The third-order valence-corrected chi connectivity index (χ3v) is 2.83. The topological polar surface area (TPSA) is 17.8 Å².